The highest BCUT2D eigenvalue weighted by Crippen LogP contribution is 2.37. The number of benzene rings is 1. The number of carbonyl (C=O) groups is 1. The zero-order chi connectivity index (χ0) is 17.4. The Balaban J connectivity index is 1.89. The summed E-state index contributed by atoms with van der Waals surface area (Å²) >= 11 is 1.26. The highest BCUT2D eigenvalue weighted by molar-refractivity contribution is 7.18. The summed E-state index contributed by atoms with van der Waals surface area (Å²) in [6, 6.07) is 10.7. The third kappa shape index (κ3) is 2.62. The highest BCUT2D eigenvalue weighted by atomic mass is 32.1. The van der Waals surface area contributed by atoms with Gasteiger partial charge in [0.2, 0.25) is 0 Å². The van der Waals surface area contributed by atoms with Gasteiger partial charge >= 0.3 is 5.63 Å². The molecule has 4 aromatic rings. The van der Waals surface area contributed by atoms with Gasteiger partial charge in [-0.1, -0.05) is 18.2 Å². The molecule has 3 aromatic heterocycles. The Kier molecular flexibility index (Phi) is 3.66. The molecule has 3 heterocycles. The lowest BCUT2D eigenvalue weighted by molar-refractivity contribution is 0.104. The molecule has 6 heteroatoms. The number of rotatable bonds is 3. The molecule has 0 amide bonds. The number of aromatic nitrogens is 1. The number of ketones is 1. The van der Waals surface area contributed by atoms with Crippen molar-refractivity contribution in [3.05, 3.63) is 75.7 Å². The summed E-state index contributed by atoms with van der Waals surface area (Å²) in [5.41, 5.74) is 6.53. The molecule has 25 heavy (non-hydrogen) atoms. The SMILES string of the molecule is Nc1sc(/C=C/C(=O)c2cccnc2)c2c1c(=O)oc1ccccc12. The van der Waals surface area contributed by atoms with Crippen molar-refractivity contribution in [3.63, 3.8) is 0 Å². The lowest BCUT2D eigenvalue weighted by Gasteiger charge is -1.99. The minimum Gasteiger partial charge on any atom is -0.422 e. The minimum atomic E-state index is -0.472. The normalized spacial score (nSPS) is 11.5. The van der Waals surface area contributed by atoms with Crippen LogP contribution >= 0.6 is 11.3 Å². The van der Waals surface area contributed by atoms with Gasteiger partial charge < -0.3 is 10.2 Å². The van der Waals surface area contributed by atoms with Gasteiger partial charge in [-0.2, -0.15) is 0 Å². The first-order valence-corrected chi connectivity index (χ1v) is 8.33. The molecule has 0 unspecified atom stereocenters. The maximum absolute atomic E-state index is 12.3. The number of nitrogens with zero attached hydrogens (tertiary/aromatic N) is 1. The summed E-state index contributed by atoms with van der Waals surface area (Å²) in [5, 5.41) is 2.24. The van der Waals surface area contributed by atoms with E-state index in [1.165, 1.54) is 23.6 Å². The monoisotopic (exact) mass is 348 g/mol. The van der Waals surface area contributed by atoms with Crippen molar-refractivity contribution >= 4 is 49.9 Å². The minimum absolute atomic E-state index is 0.166. The molecular formula is C19H12N2O3S. The quantitative estimate of drug-likeness (QED) is 0.345. The number of fused-ring (bicyclic) bond motifs is 3. The molecule has 122 valence electrons. The fraction of sp³-hybridized carbons (Fsp3) is 0. The van der Waals surface area contributed by atoms with Gasteiger partial charge in [0.05, 0.1) is 0 Å². The second kappa shape index (κ2) is 5.99. The molecule has 4 rings (SSSR count). The van der Waals surface area contributed by atoms with Gasteiger partial charge in [-0.05, 0) is 30.4 Å². The molecular weight excluding hydrogens is 336 g/mol. The van der Waals surface area contributed by atoms with Crippen molar-refractivity contribution in [1.82, 2.24) is 4.98 Å². The smallest absolute Gasteiger partial charge is 0.347 e. The third-order valence-corrected chi connectivity index (χ3v) is 4.84. The van der Waals surface area contributed by atoms with Crippen LogP contribution in [0.15, 0.2) is 64.1 Å². The highest BCUT2D eigenvalue weighted by Gasteiger charge is 2.16. The number of allylic oxidation sites excluding steroid dienone is 1. The van der Waals surface area contributed by atoms with Gasteiger partial charge in [-0.3, -0.25) is 9.78 Å². The molecule has 0 fully saturated rings. The molecule has 0 bridgehead atoms. The van der Waals surface area contributed by atoms with Gasteiger partial charge in [0.1, 0.15) is 16.0 Å². The van der Waals surface area contributed by atoms with E-state index in [0.717, 1.165) is 10.3 Å². The van der Waals surface area contributed by atoms with E-state index in [2.05, 4.69) is 4.98 Å². The van der Waals surface area contributed by atoms with Crippen LogP contribution in [0.4, 0.5) is 5.00 Å². The van der Waals surface area contributed by atoms with Crippen LogP contribution in [0.3, 0.4) is 0 Å². The van der Waals surface area contributed by atoms with Crippen molar-refractivity contribution in [1.29, 1.82) is 0 Å². The zero-order valence-electron chi connectivity index (χ0n) is 12.9. The number of nitrogen functional groups attached to an aromatic ring is 1. The molecule has 1 aromatic carbocycles. The predicted octanol–water partition coefficient (Wildman–Crippen LogP) is 3.88. The van der Waals surface area contributed by atoms with E-state index >= 15 is 0 Å². The molecule has 0 saturated heterocycles. The van der Waals surface area contributed by atoms with Gasteiger partial charge in [0.15, 0.2) is 5.78 Å². The van der Waals surface area contributed by atoms with Crippen LogP contribution < -0.4 is 11.4 Å². The van der Waals surface area contributed by atoms with Crippen LogP contribution in [0.25, 0.3) is 27.8 Å². The van der Waals surface area contributed by atoms with Gasteiger partial charge in [-0.15, -0.1) is 11.3 Å². The summed E-state index contributed by atoms with van der Waals surface area (Å²) in [6.07, 6.45) is 6.27. The van der Waals surface area contributed by atoms with Crippen molar-refractivity contribution < 1.29 is 9.21 Å². The molecule has 5 nitrogen and oxygen atoms in total. The summed E-state index contributed by atoms with van der Waals surface area (Å²) in [4.78, 5) is 29.2. The Morgan fingerprint density at radius 2 is 2.00 bits per heavy atom. The van der Waals surface area contributed by atoms with Gasteiger partial charge in [-0.25, -0.2) is 4.79 Å². The fourth-order valence-electron chi connectivity index (χ4n) is 2.72. The van der Waals surface area contributed by atoms with Gasteiger partial charge in [0.25, 0.3) is 0 Å². The molecule has 0 aliphatic rings. The van der Waals surface area contributed by atoms with E-state index < -0.39 is 5.63 Å². The van der Waals surface area contributed by atoms with Crippen molar-refractivity contribution in [3.8, 4) is 0 Å². The number of carbonyl (C=O) groups excluding carboxylic acids is 1. The number of hydrogen-bond donors (Lipinski definition) is 1. The summed E-state index contributed by atoms with van der Waals surface area (Å²) < 4.78 is 5.34. The number of hydrogen-bond acceptors (Lipinski definition) is 6. The van der Waals surface area contributed by atoms with Gasteiger partial charge in [0, 0.05) is 33.6 Å². The van der Waals surface area contributed by atoms with Crippen LogP contribution in [0, 0.1) is 0 Å². The first kappa shape index (κ1) is 15.3. The van der Waals surface area contributed by atoms with E-state index in [0.29, 0.717) is 26.9 Å². The Bertz CT molecular complexity index is 1190. The van der Waals surface area contributed by atoms with E-state index in [1.807, 2.05) is 12.1 Å². The molecule has 0 saturated carbocycles. The first-order valence-electron chi connectivity index (χ1n) is 7.51. The molecule has 0 spiro atoms. The van der Waals surface area contributed by atoms with Crippen molar-refractivity contribution in [2.24, 2.45) is 0 Å². The largest absolute Gasteiger partial charge is 0.422 e. The number of para-hydroxylation sites is 1. The number of thiophene rings is 1. The van der Waals surface area contributed by atoms with E-state index in [1.54, 1.807) is 36.5 Å². The Morgan fingerprint density at radius 3 is 2.80 bits per heavy atom. The number of pyridine rings is 1. The van der Waals surface area contributed by atoms with Crippen LogP contribution in [0.1, 0.15) is 15.2 Å². The molecule has 2 N–H and O–H groups in total. The molecule has 0 aliphatic heterocycles. The Morgan fingerprint density at radius 1 is 1.16 bits per heavy atom. The maximum atomic E-state index is 12.3. The van der Waals surface area contributed by atoms with Crippen molar-refractivity contribution in [2.75, 3.05) is 5.73 Å². The van der Waals surface area contributed by atoms with E-state index in [9.17, 15) is 9.59 Å². The average molecular weight is 348 g/mol. The molecule has 0 radical (unpaired) electrons. The number of nitrogens with two attached hydrogens (primary N) is 1. The molecule has 0 aliphatic carbocycles. The third-order valence-electron chi connectivity index (χ3n) is 3.86. The Hall–Kier alpha value is -3.25. The zero-order valence-corrected chi connectivity index (χ0v) is 13.7. The summed E-state index contributed by atoms with van der Waals surface area (Å²) in [7, 11) is 0. The Labute approximate surface area is 146 Å². The second-order valence-electron chi connectivity index (χ2n) is 5.41. The predicted molar refractivity (Wildman–Crippen MR) is 99.9 cm³/mol. The maximum Gasteiger partial charge on any atom is 0.347 e. The number of anilines is 1. The van der Waals surface area contributed by atoms with Crippen LogP contribution in [0.2, 0.25) is 0 Å². The fourth-order valence-corrected chi connectivity index (χ4v) is 3.70. The lowest BCUT2D eigenvalue weighted by Crippen LogP contribution is -2.00. The standard InChI is InChI=1S/C19H12N2O3S/c20-18-17-16(12-5-1-2-6-14(12)24-19(17)23)15(25-18)8-7-13(22)11-4-3-9-21-10-11/h1-10H,20H2/b8-7+. The van der Waals surface area contributed by atoms with E-state index in [-0.39, 0.29) is 5.78 Å². The topological polar surface area (TPSA) is 86.2 Å². The summed E-state index contributed by atoms with van der Waals surface area (Å²) in [5.74, 6) is -0.166. The first-order chi connectivity index (χ1) is 12.1. The van der Waals surface area contributed by atoms with Crippen molar-refractivity contribution in [2.45, 2.75) is 0 Å². The second-order valence-corrected chi connectivity index (χ2v) is 6.49. The van der Waals surface area contributed by atoms with Crippen LogP contribution in [-0.2, 0) is 0 Å². The average Bonchev–Trinajstić information content (AvgIpc) is 2.98. The molecule has 0 atom stereocenters. The lowest BCUT2D eigenvalue weighted by atomic mass is 10.1. The van der Waals surface area contributed by atoms with Crippen LogP contribution in [0.5, 0.6) is 0 Å². The summed E-state index contributed by atoms with van der Waals surface area (Å²) in [6.45, 7) is 0. The van der Waals surface area contributed by atoms with Crippen LogP contribution in [-0.4, -0.2) is 10.8 Å². The van der Waals surface area contributed by atoms with E-state index in [4.69, 9.17) is 10.2 Å².